The van der Waals surface area contributed by atoms with E-state index in [1.54, 1.807) is 0 Å². The molecule has 3 saturated carbocycles. The normalized spacial score (nSPS) is 42.9. The summed E-state index contributed by atoms with van der Waals surface area (Å²) in [4.78, 5) is 23.7. The number of esters is 2. The fraction of sp³-hybridized carbons (Fsp3) is 0.857. The lowest BCUT2D eigenvalue weighted by atomic mass is 9.46. The molecule has 0 heterocycles. The van der Waals surface area contributed by atoms with Crippen molar-refractivity contribution in [2.75, 3.05) is 6.61 Å². The van der Waals surface area contributed by atoms with Gasteiger partial charge in [0.25, 0.3) is 0 Å². The Hall–Kier alpha value is -1.36. The third-order valence-electron chi connectivity index (χ3n) is 10.3. The standard InChI is InChI=1S/C28H44O5/c1-17(7-6-14-29)23-10-11-24-22-9-8-20-15-21(32-18(2)30)16-26(33-19(3)31)28(20,5)25(22)12-13-27(23,24)4/h8,17,21-26,29H,6-7,9-16H2,1-5H3/t17-,21-,22+,23-,24+,25+,26+,27-,28+/m1/s1. The number of fused-ring (bicyclic) bond motifs is 5. The lowest BCUT2D eigenvalue weighted by Crippen LogP contribution is -2.57. The zero-order chi connectivity index (χ0) is 24.0. The lowest BCUT2D eigenvalue weighted by molar-refractivity contribution is -0.172. The largest absolute Gasteiger partial charge is 0.462 e. The van der Waals surface area contributed by atoms with Gasteiger partial charge in [0.1, 0.15) is 12.2 Å². The number of rotatable bonds is 6. The van der Waals surface area contributed by atoms with Crippen molar-refractivity contribution in [3.05, 3.63) is 11.6 Å². The summed E-state index contributed by atoms with van der Waals surface area (Å²) in [6.07, 6.45) is 11.4. The van der Waals surface area contributed by atoms with E-state index in [9.17, 15) is 14.7 Å². The van der Waals surface area contributed by atoms with E-state index in [0.29, 0.717) is 42.1 Å². The summed E-state index contributed by atoms with van der Waals surface area (Å²) in [6.45, 7) is 10.5. The Kier molecular flexibility index (Phi) is 7.02. The first kappa shape index (κ1) is 24.8. The first-order chi connectivity index (χ1) is 15.6. The van der Waals surface area contributed by atoms with Crippen molar-refractivity contribution in [3.63, 3.8) is 0 Å². The molecule has 9 atom stereocenters. The molecule has 0 spiro atoms. The average molecular weight is 461 g/mol. The maximum absolute atomic E-state index is 12.1. The minimum absolute atomic E-state index is 0.173. The number of hydrogen-bond donors (Lipinski definition) is 1. The summed E-state index contributed by atoms with van der Waals surface area (Å²) in [5, 5.41) is 9.33. The molecule has 4 aliphatic carbocycles. The van der Waals surface area contributed by atoms with Crippen LogP contribution in [0.5, 0.6) is 0 Å². The summed E-state index contributed by atoms with van der Waals surface area (Å²) in [7, 11) is 0. The molecule has 0 aromatic heterocycles. The van der Waals surface area contributed by atoms with Crippen LogP contribution < -0.4 is 0 Å². The highest BCUT2D eigenvalue weighted by molar-refractivity contribution is 5.67. The predicted octanol–water partition coefficient (Wildman–Crippen LogP) is 5.45. The number of carbonyl (C=O) groups is 2. The molecule has 0 aromatic rings. The topological polar surface area (TPSA) is 72.8 Å². The van der Waals surface area contributed by atoms with E-state index >= 15 is 0 Å². The summed E-state index contributed by atoms with van der Waals surface area (Å²) in [5.74, 6) is 2.71. The van der Waals surface area contributed by atoms with Crippen LogP contribution in [-0.2, 0) is 19.1 Å². The van der Waals surface area contributed by atoms with Crippen molar-refractivity contribution in [2.45, 2.75) is 105 Å². The Morgan fingerprint density at radius 2 is 1.85 bits per heavy atom. The van der Waals surface area contributed by atoms with Gasteiger partial charge >= 0.3 is 11.9 Å². The molecular weight excluding hydrogens is 416 g/mol. The predicted molar refractivity (Wildman–Crippen MR) is 127 cm³/mol. The van der Waals surface area contributed by atoms with Crippen LogP contribution in [0.3, 0.4) is 0 Å². The van der Waals surface area contributed by atoms with Crippen molar-refractivity contribution in [2.24, 2.45) is 40.4 Å². The van der Waals surface area contributed by atoms with Gasteiger partial charge < -0.3 is 14.6 Å². The zero-order valence-electron chi connectivity index (χ0n) is 21.3. The number of hydrogen-bond acceptors (Lipinski definition) is 5. The highest BCUT2D eigenvalue weighted by Crippen LogP contribution is 2.67. The van der Waals surface area contributed by atoms with Gasteiger partial charge in [-0.2, -0.15) is 0 Å². The molecule has 4 aliphatic rings. The molecule has 0 radical (unpaired) electrons. The second-order valence-corrected chi connectivity index (χ2v) is 12.0. The minimum Gasteiger partial charge on any atom is -0.462 e. The van der Waals surface area contributed by atoms with Gasteiger partial charge in [-0.05, 0) is 80.0 Å². The van der Waals surface area contributed by atoms with Crippen LogP contribution in [0.2, 0.25) is 0 Å². The van der Waals surface area contributed by atoms with Crippen molar-refractivity contribution < 1.29 is 24.2 Å². The number of aliphatic hydroxyl groups is 1. The molecule has 1 N–H and O–H groups in total. The molecule has 4 rings (SSSR count). The summed E-state index contributed by atoms with van der Waals surface area (Å²) < 4.78 is 11.6. The average Bonchev–Trinajstić information content (AvgIpc) is 3.09. The molecular formula is C28H44O5. The van der Waals surface area contributed by atoms with E-state index in [-0.39, 0.29) is 29.6 Å². The molecule has 0 bridgehead atoms. The highest BCUT2D eigenvalue weighted by atomic mass is 16.6. The van der Waals surface area contributed by atoms with Crippen LogP contribution in [0.4, 0.5) is 0 Å². The summed E-state index contributed by atoms with van der Waals surface area (Å²) >= 11 is 0. The maximum Gasteiger partial charge on any atom is 0.302 e. The van der Waals surface area contributed by atoms with Crippen LogP contribution >= 0.6 is 0 Å². The van der Waals surface area contributed by atoms with Gasteiger partial charge in [-0.25, -0.2) is 0 Å². The molecule has 0 saturated heterocycles. The van der Waals surface area contributed by atoms with E-state index in [0.717, 1.165) is 31.6 Å². The second-order valence-electron chi connectivity index (χ2n) is 12.0. The van der Waals surface area contributed by atoms with E-state index in [2.05, 4.69) is 26.8 Å². The van der Waals surface area contributed by atoms with Crippen LogP contribution in [0.25, 0.3) is 0 Å². The molecule has 0 unspecified atom stereocenters. The monoisotopic (exact) mass is 460 g/mol. The van der Waals surface area contributed by atoms with E-state index in [4.69, 9.17) is 9.47 Å². The Morgan fingerprint density at radius 3 is 2.52 bits per heavy atom. The molecule has 5 heteroatoms. The molecule has 3 fully saturated rings. The molecule has 0 aliphatic heterocycles. The van der Waals surface area contributed by atoms with Crippen molar-refractivity contribution >= 4 is 11.9 Å². The Bertz CT molecular complexity index is 789. The minimum atomic E-state index is -0.264. The quantitative estimate of drug-likeness (QED) is 0.422. The van der Waals surface area contributed by atoms with Gasteiger partial charge in [0, 0.05) is 38.7 Å². The number of aliphatic hydroxyl groups excluding tert-OH is 1. The van der Waals surface area contributed by atoms with Gasteiger partial charge in [0.15, 0.2) is 0 Å². The molecule has 33 heavy (non-hydrogen) atoms. The van der Waals surface area contributed by atoms with Crippen molar-refractivity contribution in [1.29, 1.82) is 0 Å². The van der Waals surface area contributed by atoms with E-state index in [1.165, 1.54) is 45.1 Å². The SMILES string of the molecule is CC(=O)O[C@@H]1CC2=CC[C@H]3[C@@H]4CC[C@H]([C@H](C)CCCO)[C@@]4(C)CC[C@@H]3[C@@]2(C)[C@@H](OC(C)=O)C1. The van der Waals surface area contributed by atoms with Gasteiger partial charge in [-0.1, -0.05) is 32.4 Å². The van der Waals surface area contributed by atoms with Crippen molar-refractivity contribution in [3.8, 4) is 0 Å². The molecule has 0 amide bonds. The first-order valence-electron chi connectivity index (χ1n) is 13.3. The molecule has 5 nitrogen and oxygen atoms in total. The molecule has 186 valence electrons. The van der Waals surface area contributed by atoms with Crippen LogP contribution in [-0.4, -0.2) is 35.9 Å². The fourth-order valence-corrected chi connectivity index (χ4v) is 8.94. The maximum atomic E-state index is 12.1. The Labute approximate surface area is 199 Å². The lowest BCUT2D eigenvalue weighted by Gasteiger charge is -2.60. The number of carbonyl (C=O) groups excluding carboxylic acids is 2. The second kappa shape index (κ2) is 9.36. The summed E-state index contributed by atoms with van der Waals surface area (Å²) in [6, 6.07) is 0. The Morgan fingerprint density at radius 1 is 1.12 bits per heavy atom. The smallest absolute Gasteiger partial charge is 0.302 e. The highest BCUT2D eigenvalue weighted by Gasteiger charge is 2.62. The first-order valence-corrected chi connectivity index (χ1v) is 13.3. The van der Waals surface area contributed by atoms with E-state index in [1.807, 2.05) is 0 Å². The fourth-order valence-electron chi connectivity index (χ4n) is 8.94. The van der Waals surface area contributed by atoms with Crippen LogP contribution in [0.15, 0.2) is 11.6 Å². The van der Waals surface area contributed by atoms with Crippen molar-refractivity contribution in [1.82, 2.24) is 0 Å². The van der Waals surface area contributed by atoms with Gasteiger partial charge in [0.05, 0.1) is 0 Å². The van der Waals surface area contributed by atoms with Crippen LogP contribution in [0, 0.1) is 40.4 Å². The van der Waals surface area contributed by atoms with Gasteiger partial charge in [0.2, 0.25) is 0 Å². The van der Waals surface area contributed by atoms with E-state index < -0.39 is 0 Å². The van der Waals surface area contributed by atoms with Gasteiger partial charge in [-0.3, -0.25) is 9.59 Å². The third-order valence-corrected chi connectivity index (χ3v) is 10.3. The zero-order valence-corrected chi connectivity index (χ0v) is 21.3. The van der Waals surface area contributed by atoms with Crippen LogP contribution in [0.1, 0.15) is 92.4 Å². The Balaban J connectivity index is 1.61. The third kappa shape index (κ3) is 4.28. The number of ether oxygens (including phenoxy) is 2. The summed E-state index contributed by atoms with van der Waals surface area (Å²) in [5.41, 5.74) is 1.53. The number of allylic oxidation sites excluding steroid dienone is 1. The molecule has 0 aromatic carbocycles. The van der Waals surface area contributed by atoms with Gasteiger partial charge in [-0.15, -0.1) is 0 Å².